The smallest absolute Gasteiger partial charge is 0.307 e. The van der Waals surface area contributed by atoms with E-state index in [4.69, 9.17) is 4.74 Å². The van der Waals surface area contributed by atoms with Gasteiger partial charge in [0.2, 0.25) is 0 Å². The largest absolute Gasteiger partial charge is 0.469 e. The molecule has 0 bridgehead atoms. The predicted octanol–water partition coefficient (Wildman–Crippen LogP) is 3.40. The van der Waals surface area contributed by atoms with Gasteiger partial charge in [0.1, 0.15) is 11.5 Å². The van der Waals surface area contributed by atoms with Crippen LogP contribution in [0.1, 0.15) is 27.8 Å². The Kier molecular flexibility index (Phi) is 4.61. The molecule has 1 amide bonds. The lowest BCUT2D eigenvalue weighted by molar-refractivity contribution is -0.141. The topological polar surface area (TPSA) is 71.2 Å². The average Bonchev–Trinajstić information content (AvgIpc) is 3.22. The molecule has 0 spiro atoms. The Hall–Kier alpha value is -2.67. The summed E-state index contributed by atoms with van der Waals surface area (Å²) in [5, 5.41) is 5.31. The van der Waals surface area contributed by atoms with Crippen LogP contribution in [0.2, 0.25) is 0 Å². The number of nitrogens with one attached hydrogen (secondary N) is 2. The highest BCUT2D eigenvalue weighted by Crippen LogP contribution is 2.23. The number of H-pyrrole nitrogens is 1. The van der Waals surface area contributed by atoms with Gasteiger partial charge >= 0.3 is 5.97 Å². The van der Waals surface area contributed by atoms with Crippen LogP contribution in [0.25, 0.3) is 10.9 Å². The first kappa shape index (κ1) is 16.2. The monoisotopic (exact) mass is 346 g/mol. The van der Waals surface area contributed by atoms with Gasteiger partial charge in [-0.15, -0.1) is 11.3 Å². The number of aromatic nitrogens is 1. The van der Waals surface area contributed by atoms with Crippen molar-refractivity contribution in [3.63, 3.8) is 0 Å². The van der Waals surface area contributed by atoms with E-state index in [9.17, 15) is 14.0 Å². The second-order valence-electron chi connectivity index (χ2n) is 5.24. The number of hydrogen-bond donors (Lipinski definition) is 2. The van der Waals surface area contributed by atoms with Crippen LogP contribution in [0.3, 0.4) is 0 Å². The number of amides is 1. The Balaban J connectivity index is 1.82. The van der Waals surface area contributed by atoms with Gasteiger partial charge in [0.05, 0.1) is 19.6 Å². The molecule has 0 saturated heterocycles. The van der Waals surface area contributed by atoms with Crippen molar-refractivity contribution in [3.05, 3.63) is 58.2 Å². The van der Waals surface area contributed by atoms with Gasteiger partial charge in [-0.05, 0) is 35.7 Å². The molecule has 3 rings (SSSR count). The molecule has 2 aromatic heterocycles. The zero-order valence-corrected chi connectivity index (χ0v) is 13.7. The highest BCUT2D eigenvalue weighted by molar-refractivity contribution is 7.10. The summed E-state index contributed by atoms with van der Waals surface area (Å²) >= 11 is 1.45. The molecule has 124 valence electrons. The van der Waals surface area contributed by atoms with E-state index in [0.717, 1.165) is 4.88 Å². The Bertz CT molecular complexity index is 873. The third kappa shape index (κ3) is 3.46. The van der Waals surface area contributed by atoms with E-state index in [1.165, 1.54) is 30.6 Å². The number of ether oxygens (including phenoxy) is 1. The molecule has 5 nitrogen and oxygen atoms in total. The zero-order chi connectivity index (χ0) is 17.1. The lowest BCUT2D eigenvalue weighted by Crippen LogP contribution is -2.30. The number of fused-ring (bicyclic) bond motifs is 1. The minimum absolute atomic E-state index is 0.0393. The maximum atomic E-state index is 13.3. The van der Waals surface area contributed by atoms with Crippen LogP contribution in [0.15, 0.2) is 41.8 Å². The lowest BCUT2D eigenvalue weighted by Gasteiger charge is -2.15. The zero-order valence-electron chi connectivity index (χ0n) is 12.8. The van der Waals surface area contributed by atoms with Crippen LogP contribution in [-0.2, 0) is 9.53 Å². The van der Waals surface area contributed by atoms with Crippen molar-refractivity contribution in [2.75, 3.05) is 7.11 Å². The van der Waals surface area contributed by atoms with Gasteiger partial charge in [0.25, 0.3) is 5.91 Å². The number of carbonyl (C=O) groups excluding carboxylic acids is 2. The fourth-order valence-corrected chi connectivity index (χ4v) is 3.20. The number of thiophene rings is 1. The normalized spacial score (nSPS) is 12.1. The van der Waals surface area contributed by atoms with E-state index in [2.05, 4.69) is 10.3 Å². The van der Waals surface area contributed by atoms with Gasteiger partial charge in [-0.1, -0.05) is 6.07 Å². The summed E-state index contributed by atoms with van der Waals surface area (Å²) in [6, 6.07) is 9.05. The summed E-state index contributed by atoms with van der Waals surface area (Å²) < 4.78 is 18.0. The molecule has 1 unspecified atom stereocenters. The van der Waals surface area contributed by atoms with Gasteiger partial charge in [0, 0.05) is 15.8 Å². The van der Waals surface area contributed by atoms with Gasteiger partial charge in [-0.2, -0.15) is 0 Å². The maximum Gasteiger partial charge on any atom is 0.307 e. The number of benzene rings is 1. The molecule has 2 N–H and O–H groups in total. The second kappa shape index (κ2) is 6.84. The van der Waals surface area contributed by atoms with Crippen molar-refractivity contribution >= 4 is 34.1 Å². The Morgan fingerprint density at radius 1 is 1.33 bits per heavy atom. The highest BCUT2D eigenvalue weighted by Gasteiger charge is 2.21. The third-order valence-corrected chi connectivity index (χ3v) is 4.60. The fourth-order valence-electron chi connectivity index (χ4n) is 2.42. The molecular formula is C17H15FN2O3S. The van der Waals surface area contributed by atoms with Crippen molar-refractivity contribution in [1.82, 2.24) is 10.3 Å². The van der Waals surface area contributed by atoms with Crippen LogP contribution in [0.4, 0.5) is 4.39 Å². The standard InChI is InChI=1S/C17H15FN2O3S/c1-23-16(21)9-13(15-3-2-6-24-15)20-17(22)14-8-10-7-11(18)4-5-12(10)19-14/h2-8,13,19H,9H2,1H3,(H,20,22). The summed E-state index contributed by atoms with van der Waals surface area (Å²) in [5.74, 6) is -1.14. The summed E-state index contributed by atoms with van der Waals surface area (Å²) in [7, 11) is 1.31. The van der Waals surface area contributed by atoms with E-state index < -0.39 is 12.0 Å². The molecule has 0 saturated carbocycles. The summed E-state index contributed by atoms with van der Waals surface area (Å²) in [4.78, 5) is 27.9. The predicted molar refractivity (Wildman–Crippen MR) is 89.4 cm³/mol. The van der Waals surface area contributed by atoms with E-state index in [0.29, 0.717) is 16.6 Å². The number of hydrogen-bond acceptors (Lipinski definition) is 4. The Labute approximate surface area is 141 Å². The van der Waals surface area contributed by atoms with Crippen LogP contribution >= 0.6 is 11.3 Å². The maximum absolute atomic E-state index is 13.3. The summed E-state index contributed by atoms with van der Waals surface area (Å²) in [6.07, 6.45) is 0.0393. The third-order valence-electron chi connectivity index (χ3n) is 3.62. The van der Waals surface area contributed by atoms with Crippen LogP contribution in [0.5, 0.6) is 0 Å². The molecule has 0 aliphatic rings. The van der Waals surface area contributed by atoms with Crippen LogP contribution in [0, 0.1) is 5.82 Å². The molecule has 1 atom stereocenters. The van der Waals surface area contributed by atoms with Gasteiger partial charge in [-0.3, -0.25) is 9.59 Å². The van der Waals surface area contributed by atoms with Gasteiger partial charge < -0.3 is 15.0 Å². The van der Waals surface area contributed by atoms with E-state index in [-0.39, 0.29) is 18.1 Å². The first-order chi connectivity index (χ1) is 11.6. The average molecular weight is 346 g/mol. The molecule has 0 radical (unpaired) electrons. The SMILES string of the molecule is COC(=O)CC(NC(=O)c1cc2cc(F)ccc2[nH]1)c1cccs1. The summed E-state index contributed by atoms with van der Waals surface area (Å²) in [6.45, 7) is 0. The fraction of sp³-hybridized carbons (Fsp3) is 0.176. The Morgan fingerprint density at radius 3 is 2.88 bits per heavy atom. The van der Waals surface area contributed by atoms with Crippen molar-refractivity contribution in [3.8, 4) is 0 Å². The number of carbonyl (C=O) groups is 2. The molecule has 0 fully saturated rings. The van der Waals surface area contributed by atoms with Crippen molar-refractivity contribution in [1.29, 1.82) is 0 Å². The Morgan fingerprint density at radius 2 is 2.17 bits per heavy atom. The van der Waals surface area contributed by atoms with E-state index in [1.807, 2.05) is 17.5 Å². The molecule has 24 heavy (non-hydrogen) atoms. The minimum Gasteiger partial charge on any atom is -0.469 e. The minimum atomic E-state index is -0.479. The first-order valence-electron chi connectivity index (χ1n) is 7.26. The number of rotatable bonds is 5. The van der Waals surface area contributed by atoms with Crippen molar-refractivity contribution < 1.29 is 18.7 Å². The van der Waals surface area contributed by atoms with Gasteiger partial charge in [0.15, 0.2) is 0 Å². The molecule has 0 aliphatic carbocycles. The lowest BCUT2D eigenvalue weighted by atomic mass is 10.1. The highest BCUT2D eigenvalue weighted by atomic mass is 32.1. The number of halogens is 1. The molecule has 0 aliphatic heterocycles. The molecule has 2 heterocycles. The molecule has 3 aromatic rings. The van der Waals surface area contributed by atoms with Crippen molar-refractivity contribution in [2.24, 2.45) is 0 Å². The molecule has 7 heteroatoms. The number of esters is 1. The van der Waals surface area contributed by atoms with Crippen LogP contribution in [-0.4, -0.2) is 24.0 Å². The first-order valence-corrected chi connectivity index (χ1v) is 8.14. The summed E-state index contributed by atoms with van der Waals surface area (Å²) in [5.41, 5.74) is 0.976. The molecular weight excluding hydrogens is 331 g/mol. The van der Waals surface area contributed by atoms with Crippen LogP contribution < -0.4 is 5.32 Å². The van der Waals surface area contributed by atoms with E-state index in [1.54, 1.807) is 12.1 Å². The van der Waals surface area contributed by atoms with E-state index >= 15 is 0 Å². The quantitative estimate of drug-likeness (QED) is 0.696. The van der Waals surface area contributed by atoms with Gasteiger partial charge in [-0.25, -0.2) is 4.39 Å². The number of methoxy groups -OCH3 is 1. The molecule has 1 aromatic carbocycles. The van der Waals surface area contributed by atoms with Crippen molar-refractivity contribution in [2.45, 2.75) is 12.5 Å². The second-order valence-corrected chi connectivity index (χ2v) is 6.22. The number of aromatic amines is 1.